The SMILES string of the molecule is CC(N)Cc1c(Cl)cccc1N(C)CC1CCC1. The van der Waals surface area contributed by atoms with E-state index in [-0.39, 0.29) is 6.04 Å². The lowest BCUT2D eigenvalue weighted by molar-refractivity contribution is 0.321. The second-order valence-electron chi connectivity index (χ2n) is 5.60. The normalized spacial score (nSPS) is 17.3. The standard InChI is InChI=1S/C15H23ClN2/c1-11(17)9-13-14(16)7-4-8-15(13)18(2)10-12-5-3-6-12/h4,7-8,11-12H,3,5-6,9-10,17H2,1-2H3. The molecule has 2 nitrogen and oxygen atoms in total. The maximum absolute atomic E-state index is 6.32. The van der Waals surface area contributed by atoms with Crippen LogP contribution < -0.4 is 10.6 Å². The van der Waals surface area contributed by atoms with Crippen molar-refractivity contribution in [2.75, 3.05) is 18.5 Å². The highest BCUT2D eigenvalue weighted by atomic mass is 35.5. The Labute approximate surface area is 115 Å². The van der Waals surface area contributed by atoms with Crippen molar-refractivity contribution < 1.29 is 0 Å². The Morgan fingerprint density at radius 2 is 2.17 bits per heavy atom. The molecular weight excluding hydrogens is 244 g/mol. The zero-order valence-corrected chi connectivity index (χ0v) is 12.1. The molecule has 0 aliphatic heterocycles. The molecule has 1 aliphatic carbocycles. The smallest absolute Gasteiger partial charge is 0.0459 e. The Balaban J connectivity index is 2.16. The maximum atomic E-state index is 6.32. The highest BCUT2D eigenvalue weighted by Gasteiger charge is 2.21. The van der Waals surface area contributed by atoms with Crippen LogP contribution in [0.25, 0.3) is 0 Å². The quantitative estimate of drug-likeness (QED) is 0.884. The van der Waals surface area contributed by atoms with E-state index in [2.05, 4.69) is 18.0 Å². The second kappa shape index (κ2) is 5.94. The van der Waals surface area contributed by atoms with Gasteiger partial charge in [0.05, 0.1) is 0 Å². The molecular formula is C15H23ClN2. The van der Waals surface area contributed by atoms with E-state index in [1.165, 1.54) is 30.5 Å². The average molecular weight is 267 g/mol. The van der Waals surface area contributed by atoms with E-state index in [4.69, 9.17) is 17.3 Å². The summed E-state index contributed by atoms with van der Waals surface area (Å²) in [5, 5.41) is 0.838. The second-order valence-corrected chi connectivity index (χ2v) is 6.00. The van der Waals surface area contributed by atoms with E-state index in [0.29, 0.717) is 0 Å². The molecule has 1 saturated carbocycles. The third-order valence-electron chi connectivity index (χ3n) is 3.79. The van der Waals surface area contributed by atoms with E-state index < -0.39 is 0 Å². The first-order valence-corrected chi connectivity index (χ1v) is 7.20. The van der Waals surface area contributed by atoms with Gasteiger partial charge in [-0.05, 0) is 49.8 Å². The van der Waals surface area contributed by atoms with Gasteiger partial charge < -0.3 is 10.6 Å². The van der Waals surface area contributed by atoms with Gasteiger partial charge in [0.2, 0.25) is 0 Å². The van der Waals surface area contributed by atoms with Crippen molar-refractivity contribution in [2.45, 2.75) is 38.6 Å². The summed E-state index contributed by atoms with van der Waals surface area (Å²) < 4.78 is 0. The van der Waals surface area contributed by atoms with Gasteiger partial charge in [0, 0.05) is 30.3 Å². The van der Waals surface area contributed by atoms with Crippen LogP contribution in [0.15, 0.2) is 18.2 Å². The number of halogens is 1. The molecule has 0 aromatic heterocycles. The molecule has 1 aliphatic rings. The molecule has 1 aromatic rings. The van der Waals surface area contributed by atoms with Crippen molar-refractivity contribution in [1.29, 1.82) is 0 Å². The van der Waals surface area contributed by atoms with Crippen molar-refractivity contribution in [3.63, 3.8) is 0 Å². The molecule has 1 atom stereocenters. The Kier molecular flexibility index (Phi) is 4.52. The molecule has 0 spiro atoms. The van der Waals surface area contributed by atoms with Gasteiger partial charge in [-0.2, -0.15) is 0 Å². The van der Waals surface area contributed by atoms with Gasteiger partial charge in [-0.3, -0.25) is 0 Å². The Hall–Kier alpha value is -0.730. The number of nitrogens with zero attached hydrogens (tertiary/aromatic N) is 1. The van der Waals surface area contributed by atoms with Crippen molar-refractivity contribution in [3.05, 3.63) is 28.8 Å². The molecule has 18 heavy (non-hydrogen) atoms. The predicted octanol–water partition coefficient (Wildman–Crippen LogP) is 3.47. The van der Waals surface area contributed by atoms with E-state index in [1.807, 2.05) is 19.1 Å². The number of benzene rings is 1. The summed E-state index contributed by atoms with van der Waals surface area (Å²) in [5.41, 5.74) is 8.36. The van der Waals surface area contributed by atoms with Crippen LogP contribution in [0.2, 0.25) is 5.02 Å². The summed E-state index contributed by atoms with van der Waals surface area (Å²) >= 11 is 6.32. The summed E-state index contributed by atoms with van der Waals surface area (Å²) in [6, 6.07) is 6.28. The van der Waals surface area contributed by atoms with E-state index in [9.17, 15) is 0 Å². The predicted molar refractivity (Wildman–Crippen MR) is 79.4 cm³/mol. The fraction of sp³-hybridized carbons (Fsp3) is 0.600. The first kappa shape index (κ1) is 13.7. The number of hydrogen-bond acceptors (Lipinski definition) is 2. The van der Waals surface area contributed by atoms with Gasteiger partial charge in [-0.25, -0.2) is 0 Å². The third-order valence-corrected chi connectivity index (χ3v) is 4.14. The van der Waals surface area contributed by atoms with Crippen LogP contribution in [-0.4, -0.2) is 19.6 Å². The number of anilines is 1. The maximum Gasteiger partial charge on any atom is 0.0459 e. The van der Waals surface area contributed by atoms with Gasteiger partial charge in [-0.1, -0.05) is 24.1 Å². The molecule has 0 radical (unpaired) electrons. The van der Waals surface area contributed by atoms with Gasteiger partial charge in [0.1, 0.15) is 0 Å². The molecule has 1 unspecified atom stereocenters. The van der Waals surface area contributed by atoms with E-state index in [0.717, 1.165) is 23.9 Å². The van der Waals surface area contributed by atoms with Crippen molar-refractivity contribution in [1.82, 2.24) is 0 Å². The zero-order valence-electron chi connectivity index (χ0n) is 11.3. The topological polar surface area (TPSA) is 29.3 Å². The largest absolute Gasteiger partial charge is 0.374 e. The molecule has 0 bridgehead atoms. The highest BCUT2D eigenvalue weighted by molar-refractivity contribution is 6.31. The number of rotatable bonds is 5. The van der Waals surface area contributed by atoms with E-state index >= 15 is 0 Å². The van der Waals surface area contributed by atoms with E-state index in [1.54, 1.807) is 0 Å². The van der Waals surface area contributed by atoms with Crippen LogP contribution in [0.1, 0.15) is 31.7 Å². The molecule has 100 valence electrons. The first-order valence-electron chi connectivity index (χ1n) is 6.82. The lowest BCUT2D eigenvalue weighted by Gasteiger charge is -2.32. The van der Waals surface area contributed by atoms with Crippen LogP contribution >= 0.6 is 11.6 Å². The minimum atomic E-state index is 0.140. The van der Waals surface area contributed by atoms with Crippen LogP contribution in [-0.2, 0) is 6.42 Å². The summed E-state index contributed by atoms with van der Waals surface area (Å²) in [6.07, 6.45) is 4.96. The Bertz CT molecular complexity index is 399. The third kappa shape index (κ3) is 3.18. The van der Waals surface area contributed by atoms with Crippen LogP contribution in [0.3, 0.4) is 0 Å². The Morgan fingerprint density at radius 3 is 2.72 bits per heavy atom. The molecule has 0 saturated heterocycles. The number of hydrogen-bond donors (Lipinski definition) is 1. The van der Waals surface area contributed by atoms with Crippen molar-refractivity contribution >= 4 is 17.3 Å². The van der Waals surface area contributed by atoms with Crippen LogP contribution in [0.4, 0.5) is 5.69 Å². The molecule has 0 heterocycles. The summed E-state index contributed by atoms with van der Waals surface area (Å²) in [7, 11) is 2.16. The monoisotopic (exact) mass is 266 g/mol. The van der Waals surface area contributed by atoms with Crippen molar-refractivity contribution in [3.8, 4) is 0 Å². The van der Waals surface area contributed by atoms with Gasteiger partial charge in [-0.15, -0.1) is 0 Å². The zero-order chi connectivity index (χ0) is 13.1. The number of nitrogens with two attached hydrogens (primary N) is 1. The van der Waals surface area contributed by atoms with Gasteiger partial charge in [0.15, 0.2) is 0 Å². The minimum Gasteiger partial charge on any atom is -0.374 e. The van der Waals surface area contributed by atoms with Gasteiger partial charge >= 0.3 is 0 Å². The van der Waals surface area contributed by atoms with Gasteiger partial charge in [0.25, 0.3) is 0 Å². The fourth-order valence-electron chi connectivity index (χ4n) is 2.59. The highest BCUT2D eigenvalue weighted by Crippen LogP contribution is 2.32. The van der Waals surface area contributed by atoms with Crippen molar-refractivity contribution in [2.24, 2.45) is 11.7 Å². The summed E-state index contributed by atoms with van der Waals surface area (Å²) in [5.74, 6) is 0.858. The molecule has 0 amide bonds. The molecule has 1 fully saturated rings. The van der Waals surface area contributed by atoms with Crippen LogP contribution in [0.5, 0.6) is 0 Å². The lowest BCUT2D eigenvalue weighted by atomic mass is 9.85. The fourth-order valence-corrected chi connectivity index (χ4v) is 2.84. The van der Waals surface area contributed by atoms with Crippen LogP contribution in [0, 0.1) is 5.92 Å². The summed E-state index contributed by atoms with van der Waals surface area (Å²) in [4.78, 5) is 2.34. The minimum absolute atomic E-state index is 0.140. The molecule has 2 rings (SSSR count). The molecule has 3 heteroatoms. The first-order chi connectivity index (χ1) is 8.58. The average Bonchev–Trinajstić information content (AvgIpc) is 2.25. The summed E-state index contributed by atoms with van der Waals surface area (Å²) in [6.45, 7) is 3.16. The lowest BCUT2D eigenvalue weighted by Crippen LogP contribution is -2.30. The Morgan fingerprint density at radius 1 is 1.44 bits per heavy atom. The molecule has 1 aromatic carbocycles. The molecule has 2 N–H and O–H groups in total.